The van der Waals surface area contributed by atoms with Gasteiger partial charge in [0, 0.05) is 17.6 Å². The quantitative estimate of drug-likeness (QED) is 0.471. The summed E-state index contributed by atoms with van der Waals surface area (Å²) < 4.78 is 0.920. The van der Waals surface area contributed by atoms with E-state index in [4.69, 9.17) is 11.5 Å². The summed E-state index contributed by atoms with van der Waals surface area (Å²) in [4.78, 5) is 14.6. The maximum absolute atomic E-state index is 10.4. The first kappa shape index (κ1) is 12.1. The van der Waals surface area contributed by atoms with Gasteiger partial charge in [0.2, 0.25) is 0 Å². The highest BCUT2D eigenvalue weighted by Crippen LogP contribution is 2.23. The number of hydrogen-bond acceptors (Lipinski definition) is 4. The first-order valence-corrected chi connectivity index (χ1v) is 6.31. The normalized spacial score (nSPS) is 9.80. The second-order valence-electron chi connectivity index (χ2n) is 2.83. The minimum absolute atomic E-state index is 0.00140. The van der Waals surface area contributed by atoms with E-state index in [2.05, 4.69) is 10.9 Å². The van der Waals surface area contributed by atoms with Gasteiger partial charge < -0.3 is 5.11 Å². The third-order valence-corrected chi connectivity index (χ3v) is 3.71. The average molecular weight is 241 g/mol. The van der Waals surface area contributed by atoms with Crippen LogP contribution in [0.25, 0.3) is 0 Å². The van der Waals surface area contributed by atoms with Gasteiger partial charge in [0.05, 0.1) is 12.1 Å². The number of thiazole rings is 1. The Kier molecular flexibility index (Phi) is 5.22. The Morgan fingerprint density at radius 1 is 1.73 bits per heavy atom. The van der Waals surface area contributed by atoms with Crippen LogP contribution in [0, 0.1) is 12.3 Å². The van der Waals surface area contributed by atoms with Gasteiger partial charge in [-0.05, 0) is 6.42 Å². The predicted octanol–water partition coefficient (Wildman–Crippen LogP) is 2.28. The lowest BCUT2D eigenvalue weighted by Gasteiger charge is -1.93. The molecule has 1 rings (SSSR count). The van der Waals surface area contributed by atoms with E-state index in [-0.39, 0.29) is 6.42 Å². The van der Waals surface area contributed by atoms with Gasteiger partial charge >= 0.3 is 5.97 Å². The lowest BCUT2D eigenvalue weighted by atomic mass is 10.3. The number of thioether (sulfide) groups is 1. The Bertz CT molecular complexity index is 368. The van der Waals surface area contributed by atoms with Gasteiger partial charge in [-0.2, -0.15) is 0 Å². The summed E-state index contributed by atoms with van der Waals surface area (Å²) in [5.74, 6) is 2.67. The van der Waals surface area contributed by atoms with Crippen LogP contribution >= 0.6 is 23.1 Å². The van der Waals surface area contributed by atoms with Crippen LogP contribution < -0.4 is 0 Å². The fourth-order valence-electron chi connectivity index (χ4n) is 0.925. The summed E-state index contributed by atoms with van der Waals surface area (Å²) in [6.07, 6.45) is 6.88. The SMILES string of the molecule is C#CCCCSc1nc(CC(=O)O)cs1. The van der Waals surface area contributed by atoms with Crippen molar-refractivity contribution >= 4 is 29.1 Å². The van der Waals surface area contributed by atoms with Gasteiger partial charge in [-0.25, -0.2) is 4.98 Å². The zero-order valence-electron chi connectivity index (χ0n) is 8.10. The molecule has 1 N–H and O–H groups in total. The fraction of sp³-hybridized carbons (Fsp3) is 0.400. The van der Waals surface area contributed by atoms with Gasteiger partial charge in [-0.1, -0.05) is 11.8 Å². The molecule has 1 aromatic heterocycles. The van der Waals surface area contributed by atoms with Crippen molar-refractivity contribution in [2.75, 3.05) is 5.75 Å². The second kappa shape index (κ2) is 6.49. The minimum Gasteiger partial charge on any atom is -0.481 e. The first-order valence-electron chi connectivity index (χ1n) is 4.45. The molecule has 0 amide bonds. The highest BCUT2D eigenvalue weighted by molar-refractivity contribution is 8.00. The zero-order chi connectivity index (χ0) is 11.1. The van der Waals surface area contributed by atoms with Crippen molar-refractivity contribution in [3.8, 4) is 12.3 Å². The molecular formula is C10H11NO2S2. The van der Waals surface area contributed by atoms with Gasteiger partial charge in [-0.3, -0.25) is 4.79 Å². The number of terminal acetylenes is 1. The van der Waals surface area contributed by atoms with Crippen LogP contribution in [0.2, 0.25) is 0 Å². The van der Waals surface area contributed by atoms with Crippen molar-refractivity contribution in [3.63, 3.8) is 0 Å². The lowest BCUT2D eigenvalue weighted by Crippen LogP contribution is -1.99. The highest BCUT2D eigenvalue weighted by Gasteiger charge is 2.05. The maximum Gasteiger partial charge on any atom is 0.309 e. The van der Waals surface area contributed by atoms with Gasteiger partial charge in [0.1, 0.15) is 4.34 Å². The Labute approximate surface area is 96.9 Å². The molecule has 0 aliphatic rings. The molecule has 1 heterocycles. The van der Waals surface area contributed by atoms with E-state index in [0.717, 1.165) is 22.9 Å². The van der Waals surface area contributed by atoms with E-state index in [0.29, 0.717) is 5.69 Å². The number of rotatable bonds is 6. The number of aromatic nitrogens is 1. The smallest absolute Gasteiger partial charge is 0.309 e. The summed E-state index contributed by atoms with van der Waals surface area (Å²) >= 11 is 3.11. The molecule has 0 radical (unpaired) electrons. The summed E-state index contributed by atoms with van der Waals surface area (Å²) in [7, 11) is 0. The monoisotopic (exact) mass is 241 g/mol. The van der Waals surface area contributed by atoms with Crippen LogP contribution in [-0.4, -0.2) is 21.8 Å². The maximum atomic E-state index is 10.4. The van der Waals surface area contributed by atoms with E-state index in [1.165, 1.54) is 11.3 Å². The molecular weight excluding hydrogens is 230 g/mol. The molecule has 15 heavy (non-hydrogen) atoms. The molecule has 0 spiro atoms. The van der Waals surface area contributed by atoms with Crippen LogP contribution in [0.1, 0.15) is 18.5 Å². The van der Waals surface area contributed by atoms with E-state index in [9.17, 15) is 4.79 Å². The van der Waals surface area contributed by atoms with Gasteiger partial charge in [-0.15, -0.1) is 23.7 Å². The molecule has 0 saturated carbocycles. The second-order valence-corrected chi connectivity index (χ2v) is 5.03. The van der Waals surface area contributed by atoms with Crippen LogP contribution in [0.4, 0.5) is 0 Å². The van der Waals surface area contributed by atoms with Gasteiger partial charge in [0.15, 0.2) is 0 Å². The number of nitrogens with zero attached hydrogens (tertiary/aromatic N) is 1. The molecule has 0 fully saturated rings. The Hall–Kier alpha value is -0.990. The molecule has 0 bridgehead atoms. The third kappa shape index (κ3) is 4.86. The molecule has 0 aliphatic heterocycles. The Balaban J connectivity index is 2.33. The molecule has 0 aromatic carbocycles. The summed E-state index contributed by atoms with van der Waals surface area (Å²) in [6, 6.07) is 0. The molecule has 0 aliphatic carbocycles. The van der Waals surface area contributed by atoms with Crippen LogP contribution in [-0.2, 0) is 11.2 Å². The first-order chi connectivity index (χ1) is 7.22. The molecule has 1 aromatic rings. The predicted molar refractivity (Wildman–Crippen MR) is 62.2 cm³/mol. The standard InChI is InChI=1S/C10H11NO2S2/c1-2-3-4-5-14-10-11-8(7-15-10)6-9(12)13/h1,7H,3-6H2,(H,12,13). The number of unbranched alkanes of at least 4 members (excludes halogenated alkanes) is 1. The number of aliphatic carboxylic acids is 1. The minimum atomic E-state index is -0.843. The van der Waals surface area contributed by atoms with E-state index in [1.54, 1.807) is 17.1 Å². The lowest BCUT2D eigenvalue weighted by molar-refractivity contribution is -0.136. The largest absolute Gasteiger partial charge is 0.481 e. The molecule has 3 nitrogen and oxygen atoms in total. The molecule has 0 atom stereocenters. The summed E-state index contributed by atoms with van der Waals surface area (Å²) in [5, 5.41) is 10.3. The summed E-state index contributed by atoms with van der Waals surface area (Å²) in [6.45, 7) is 0. The molecule has 0 unspecified atom stereocenters. The van der Waals surface area contributed by atoms with Crippen molar-refractivity contribution in [2.24, 2.45) is 0 Å². The topological polar surface area (TPSA) is 50.2 Å². The number of carboxylic acid groups (broad SMARTS) is 1. The molecule has 5 heteroatoms. The van der Waals surface area contributed by atoms with Crippen LogP contribution in [0.3, 0.4) is 0 Å². The molecule has 0 saturated heterocycles. The number of carbonyl (C=O) groups is 1. The highest BCUT2D eigenvalue weighted by atomic mass is 32.2. The van der Waals surface area contributed by atoms with E-state index < -0.39 is 5.97 Å². The number of hydrogen-bond donors (Lipinski definition) is 1. The third-order valence-electron chi connectivity index (χ3n) is 1.55. The van der Waals surface area contributed by atoms with Crippen molar-refractivity contribution in [2.45, 2.75) is 23.6 Å². The fourth-order valence-corrected chi connectivity index (χ4v) is 2.78. The Morgan fingerprint density at radius 2 is 2.53 bits per heavy atom. The number of carboxylic acids is 1. The van der Waals surface area contributed by atoms with E-state index in [1.807, 2.05) is 0 Å². The molecule has 80 valence electrons. The van der Waals surface area contributed by atoms with Crippen molar-refractivity contribution < 1.29 is 9.90 Å². The zero-order valence-corrected chi connectivity index (χ0v) is 9.74. The van der Waals surface area contributed by atoms with Crippen LogP contribution in [0.5, 0.6) is 0 Å². The summed E-state index contributed by atoms with van der Waals surface area (Å²) in [5.41, 5.74) is 0.631. The Morgan fingerprint density at radius 3 is 3.20 bits per heavy atom. The van der Waals surface area contributed by atoms with Crippen molar-refractivity contribution in [3.05, 3.63) is 11.1 Å². The van der Waals surface area contributed by atoms with E-state index >= 15 is 0 Å². The van der Waals surface area contributed by atoms with Gasteiger partial charge in [0.25, 0.3) is 0 Å². The van der Waals surface area contributed by atoms with Crippen LogP contribution in [0.15, 0.2) is 9.72 Å². The average Bonchev–Trinajstić information content (AvgIpc) is 2.59. The van der Waals surface area contributed by atoms with Crippen molar-refractivity contribution in [1.82, 2.24) is 4.98 Å². The van der Waals surface area contributed by atoms with Crippen molar-refractivity contribution in [1.29, 1.82) is 0 Å².